The Balaban J connectivity index is 1.74. The standard InChI is InChI=1S/C19H17BrN4O/c1-13-11-17(18(25)23-16-10-6-5-9-15(16)20)24-19(22-13)21-12-14-7-3-2-4-8-14/h2-11H,12H2,1H3,(H,23,25)(H,21,22,24). The molecule has 0 aliphatic heterocycles. The first kappa shape index (κ1) is 17.1. The van der Waals surface area contributed by atoms with Gasteiger partial charge in [-0.2, -0.15) is 0 Å². The van der Waals surface area contributed by atoms with Gasteiger partial charge in [0, 0.05) is 16.7 Å². The fourth-order valence-corrected chi connectivity index (χ4v) is 2.67. The molecule has 126 valence electrons. The predicted molar refractivity (Wildman–Crippen MR) is 103 cm³/mol. The number of halogens is 1. The number of carbonyl (C=O) groups is 1. The second-order valence-corrected chi connectivity index (χ2v) is 6.35. The van der Waals surface area contributed by atoms with E-state index in [2.05, 4.69) is 36.5 Å². The summed E-state index contributed by atoms with van der Waals surface area (Å²) in [6.07, 6.45) is 0. The molecule has 6 heteroatoms. The van der Waals surface area contributed by atoms with Crippen LogP contribution in [0.5, 0.6) is 0 Å². The summed E-state index contributed by atoms with van der Waals surface area (Å²) in [5.41, 5.74) is 2.86. The van der Waals surface area contributed by atoms with Crippen molar-refractivity contribution >= 4 is 33.5 Å². The van der Waals surface area contributed by atoms with Gasteiger partial charge in [0.2, 0.25) is 5.95 Å². The molecule has 25 heavy (non-hydrogen) atoms. The summed E-state index contributed by atoms with van der Waals surface area (Å²) in [5.74, 6) is 0.154. The van der Waals surface area contributed by atoms with Crippen LogP contribution in [0.3, 0.4) is 0 Å². The van der Waals surface area contributed by atoms with Crippen LogP contribution < -0.4 is 10.6 Å². The summed E-state index contributed by atoms with van der Waals surface area (Å²) >= 11 is 3.42. The molecule has 0 aliphatic carbocycles. The zero-order valence-electron chi connectivity index (χ0n) is 13.7. The smallest absolute Gasteiger partial charge is 0.274 e. The van der Waals surface area contributed by atoms with Gasteiger partial charge in [-0.3, -0.25) is 4.79 Å². The van der Waals surface area contributed by atoms with Crippen LogP contribution in [0.4, 0.5) is 11.6 Å². The van der Waals surface area contributed by atoms with Gasteiger partial charge in [-0.1, -0.05) is 42.5 Å². The lowest BCUT2D eigenvalue weighted by molar-refractivity contribution is 0.102. The van der Waals surface area contributed by atoms with Crippen LogP contribution in [0.2, 0.25) is 0 Å². The topological polar surface area (TPSA) is 66.9 Å². The van der Waals surface area contributed by atoms with Crippen molar-refractivity contribution < 1.29 is 4.79 Å². The van der Waals surface area contributed by atoms with Gasteiger partial charge in [0.05, 0.1) is 5.69 Å². The zero-order valence-corrected chi connectivity index (χ0v) is 15.2. The number of benzene rings is 2. The minimum Gasteiger partial charge on any atom is -0.350 e. The maximum Gasteiger partial charge on any atom is 0.274 e. The van der Waals surface area contributed by atoms with Crippen LogP contribution in [-0.4, -0.2) is 15.9 Å². The van der Waals surface area contributed by atoms with Crippen molar-refractivity contribution in [2.45, 2.75) is 13.5 Å². The van der Waals surface area contributed by atoms with Gasteiger partial charge in [0.1, 0.15) is 5.69 Å². The first-order valence-corrected chi connectivity index (χ1v) is 8.60. The molecule has 3 rings (SSSR count). The van der Waals surface area contributed by atoms with Crippen molar-refractivity contribution in [3.8, 4) is 0 Å². The lowest BCUT2D eigenvalue weighted by Gasteiger charge is -2.10. The van der Waals surface area contributed by atoms with Crippen molar-refractivity contribution in [2.24, 2.45) is 0 Å². The molecule has 0 unspecified atom stereocenters. The number of nitrogens with zero attached hydrogens (tertiary/aromatic N) is 2. The minimum atomic E-state index is -0.278. The van der Waals surface area contributed by atoms with Crippen molar-refractivity contribution in [2.75, 3.05) is 10.6 Å². The number of para-hydroxylation sites is 1. The molecule has 0 radical (unpaired) electrons. The predicted octanol–water partition coefficient (Wildman–Crippen LogP) is 4.41. The highest BCUT2D eigenvalue weighted by molar-refractivity contribution is 9.10. The van der Waals surface area contributed by atoms with Crippen molar-refractivity contribution in [1.82, 2.24) is 9.97 Å². The summed E-state index contributed by atoms with van der Waals surface area (Å²) in [7, 11) is 0. The number of anilines is 2. The Kier molecular flexibility index (Phi) is 5.40. The molecule has 0 spiro atoms. The number of aryl methyl sites for hydroxylation is 1. The van der Waals surface area contributed by atoms with E-state index in [1.54, 1.807) is 6.07 Å². The molecule has 1 heterocycles. The lowest BCUT2D eigenvalue weighted by Crippen LogP contribution is -2.16. The molecule has 1 amide bonds. The maximum absolute atomic E-state index is 12.5. The highest BCUT2D eigenvalue weighted by Gasteiger charge is 2.12. The van der Waals surface area contributed by atoms with Gasteiger partial charge in [0.25, 0.3) is 5.91 Å². The Morgan fingerprint density at radius 3 is 2.52 bits per heavy atom. The van der Waals surface area contributed by atoms with Gasteiger partial charge in [-0.25, -0.2) is 9.97 Å². The summed E-state index contributed by atoms with van der Waals surface area (Å²) < 4.78 is 0.816. The van der Waals surface area contributed by atoms with Crippen LogP contribution in [0, 0.1) is 6.92 Å². The number of hydrogen-bond acceptors (Lipinski definition) is 4. The molecule has 1 aromatic heterocycles. The van der Waals surface area contributed by atoms with E-state index in [4.69, 9.17) is 0 Å². The molecule has 0 saturated carbocycles. The molecule has 2 aromatic carbocycles. The number of hydrogen-bond donors (Lipinski definition) is 2. The summed E-state index contributed by atoms with van der Waals surface area (Å²) in [4.78, 5) is 21.2. The van der Waals surface area contributed by atoms with Crippen molar-refractivity contribution in [3.63, 3.8) is 0 Å². The van der Waals surface area contributed by atoms with E-state index in [-0.39, 0.29) is 5.91 Å². The molecule has 0 bridgehead atoms. The van der Waals surface area contributed by atoms with Gasteiger partial charge < -0.3 is 10.6 Å². The highest BCUT2D eigenvalue weighted by Crippen LogP contribution is 2.21. The maximum atomic E-state index is 12.5. The molecule has 0 fully saturated rings. The molecule has 0 atom stereocenters. The summed E-state index contributed by atoms with van der Waals surface area (Å²) in [6, 6.07) is 19.1. The number of rotatable bonds is 5. The van der Waals surface area contributed by atoms with E-state index in [0.29, 0.717) is 23.9 Å². The Labute approximate surface area is 154 Å². The van der Waals surface area contributed by atoms with Crippen LogP contribution in [0.1, 0.15) is 21.7 Å². The lowest BCUT2D eigenvalue weighted by atomic mass is 10.2. The van der Waals surface area contributed by atoms with E-state index < -0.39 is 0 Å². The quantitative estimate of drug-likeness (QED) is 0.669. The molecule has 2 N–H and O–H groups in total. The number of aromatic nitrogens is 2. The van der Waals surface area contributed by atoms with Crippen LogP contribution in [0.15, 0.2) is 65.1 Å². The third-order valence-corrected chi connectivity index (χ3v) is 4.19. The molecule has 0 aliphatic rings. The molecular formula is C19H17BrN4O. The number of nitrogens with one attached hydrogen (secondary N) is 2. The van der Waals surface area contributed by atoms with Gasteiger partial charge in [-0.05, 0) is 46.6 Å². The monoisotopic (exact) mass is 396 g/mol. The first-order chi connectivity index (χ1) is 12.1. The Bertz CT molecular complexity index is 884. The second kappa shape index (κ2) is 7.90. The largest absolute Gasteiger partial charge is 0.350 e. The molecule has 0 saturated heterocycles. The summed E-state index contributed by atoms with van der Waals surface area (Å²) in [5, 5.41) is 6.01. The van der Waals surface area contributed by atoms with Gasteiger partial charge >= 0.3 is 0 Å². The third-order valence-electron chi connectivity index (χ3n) is 3.50. The molecule has 3 aromatic rings. The van der Waals surface area contributed by atoms with Crippen LogP contribution >= 0.6 is 15.9 Å². The Hall–Kier alpha value is -2.73. The van der Waals surface area contributed by atoms with Gasteiger partial charge in [0.15, 0.2) is 0 Å². The normalized spacial score (nSPS) is 10.3. The third kappa shape index (κ3) is 4.64. The van der Waals surface area contributed by atoms with E-state index in [1.165, 1.54) is 0 Å². The van der Waals surface area contributed by atoms with E-state index in [9.17, 15) is 4.79 Å². The first-order valence-electron chi connectivity index (χ1n) is 7.81. The minimum absolute atomic E-state index is 0.278. The van der Waals surface area contributed by atoms with E-state index in [0.717, 1.165) is 15.7 Å². The summed E-state index contributed by atoms with van der Waals surface area (Å²) in [6.45, 7) is 2.43. The van der Waals surface area contributed by atoms with E-state index >= 15 is 0 Å². The Morgan fingerprint density at radius 1 is 1.04 bits per heavy atom. The SMILES string of the molecule is Cc1cc(C(=O)Nc2ccccc2Br)nc(NCc2ccccc2)n1. The van der Waals surface area contributed by atoms with Crippen LogP contribution in [0.25, 0.3) is 0 Å². The van der Waals surface area contributed by atoms with Crippen molar-refractivity contribution in [3.05, 3.63) is 82.1 Å². The van der Waals surface area contributed by atoms with Crippen LogP contribution in [-0.2, 0) is 6.54 Å². The highest BCUT2D eigenvalue weighted by atomic mass is 79.9. The Morgan fingerprint density at radius 2 is 1.76 bits per heavy atom. The average Bonchev–Trinajstić information content (AvgIpc) is 2.62. The zero-order chi connectivity index (χ0) is 17.6. The number of amides is 1. The average molecular weight is 397 g/mol. The van der Waals surface area contributed by atoms with E-state index in [1.807, 2.05) is 61.5 Å². The molecular weight excluding hydrogens is 380 g/mol. The second-order valence-electron chi connectivity index (χ2n) is 5.49. The van der Waals surface area contributed by atoms with Gasteiger partial charge in [-0.15, -0.1) is 0 Å². The number of carbonyl (C=O) groups excluding carboxylic acids is 1. The fraction of sp³-hybridized carbons (Fsp3) is 0.105. The molecule has 5 nitrogen and oxygen atoms in total. The fourth-order valence-electron chi connectivity index (χ4n) is 2.29. The van der Waals surface area contributed by atoms with Crippen molar-refractivity contribution in [1.29, 1.82) is 0 Å².